The Morgan fingerprint density at radius 3 is 1.44 bits per heavy atom. The lowest BCUT2D eigenvalue weighted by Gasteiger charge is -2.50. The summed E-state index contributed by atoms with van der Waals surface area (Å²) in [5.41, 5.74) is 0. The molecule has 0 amide bonds. The monoisotopic (exact) mass is 254 g/mol. The van der Waals surface area contributed by atoms with Crippen molar-refractivity contribution in [2.24, 2.45) is 35.5 Å². The van der Waals surface area contributed by atoms with Gasteiger partial charge in [-0.05, 0) is 55.3 Å². The fraction of sp³-hybridized carbons (Fsp3) is 1.00. The van der Waals surface area contributed by atoms with Crippen molar-refractivity contribution >= 4 is 0 Å². The molecule has 0 spiro atoms. The van der Waals surface area contributed by atoms with Crippen LogP contribution in [0.1, 0.15) is 53.4 Å². The van der Waals surface area contributed by atoms with Crippen molar-refractivity contribution < 1.29 is 10.2 Å². The molecular formula is C16H30O2. The molecule has 2 aliphatic rings. The van der Waals surface area contributed by atoms with E-state index in [9.17, 15) is 10.2 Å². The molecule has 2 N–H and O–H groups in total. The number of aliphatic hydroxyl groups excluding tert-OH is 2. The quantitative estimate of drug-likeness (QED) is 0.795. The van der Waals surface area contributed by atoms with Gasteiger partial charge in [0.15, 0.2) is 0 Å². The molecule has 0 aromatic rings. The van der Waals surface area contributed by atoms with Gasteiger partial charge >= 0.3 is 0 Å². The molecule has 0 aromatic carbocycles. The minimum Gasteiger partial charge on any atom is -0.392 e. The highest BCUT2D eigenvalue weighted by molar-refractivity contribution is 4.97. The molecule has 0 aliphatic heterocycles. The van der Waals surface area contributed by atoms with E-state index in [0.717, 1.165) is 12.8 Å². The molecule has 2 rings (SSSR count). The Morgan fingerprint density at radius 2 is 1.11 bits per heavy atom. The summed E-state index contributed by atoms with van der Waals surface area (Å²) in [4.78, 5) is 0. The zero-order valence-corrected chi connectivity index (χ0v) is 12.3. The normalized spacial score (nSPS) is 45.3. The number of rotatable bonds is 2. The lowest BCUT2D eigenvalue weighted by atomic mass is 9.59. The average Bonchev–Trinajstić information content (AvgIpc) is 2.28. The van der Waals surface area contributed by atoms with Gasteiger partial charge in [-0.15, -0.1) is 0 Å². The van der Waals surface area contributed by atoms with Gasteiger partial charge in [0.1, 0.15) is 0 Å². The first-order valence-corrected chi connectivity index (χ1v) is 7.79. The maximum absolute atomic E-state index is 10.6. The Bertz CT molecular complexity index is 248. The van der Waals surface area contributed by atoms with Crippen LogP contribution < -0.4 is 0 Å². The van der Waals surface area contributed by atoms with E-state index < -0.39 is 0 Å². The first kappa shape index (κ1) is 14.3. The minimum atomic E-state index is -0.291. The maximum Gasteiger partial charge on any atom is 0.0626 e. The summed E-state index contributed by atoms with van der Waals surface area (Å²) < 4.78 is 0. The molecule has 0 saturated heterocycles. The van der Waals surface area contributed by atoms with Crippen LogP contribution in [0.5, 0.6) is 0 Å². The van der Waals surface area contributed by atoms with Crippen LogP contribution in [0.3, 0.4) is 0 Å². The van der Waals surface area contributed by atoms with Crippen molar-refractivity contribution in [3.8, 4) is 0 Å². The van der Waals surface area contributed by atoms with Crippen molar-refractivity contribution in [3.05, 3.63) is 0 Å². The van der Waals surface area contributed by atoms with E-state index in [2.05, 4.69) is 27.7 Å². The van der Waals surface area contributed by atoms with Gasteiger partial charge in [0.2, 0.25) is 0 Å². The van der Waals surface area contributed by atoms with Crippen LogP contribution in [-0.4, -0.2) is 22.4 Å². The smallest absolute Gasteiger partial charge is 0.0626 e. The zero-order valence-electron chi connectivity index (χ0n) is 12.3. The minimum absolute atomic E-state index is 0.132. The van der Waals surface area contributed by atoms with Crippen LogP contribution in [0.15, 0.2) is 0 Å². The molecule has 2 nitrogen and oxygen atoms in total. The largest absolute Gasteiger partial charge is 0.392 e. The first-order valence-electron chi connectivity index (χ1n) is 7.79. The SMILES string of the molecule is CC(C)[C@H]1CCC2CC[C@@H](C(C)C)C(O)C2C1O. The third kappa shape index (κ3) is 2.46. The second-order valence-electron chi connectivity index (χ2n) is 7.29. The van der Waals surface area contributed by atoms with Gasteiger partial charge in [-0.3, -0.25) is 0 Å². The van der Waals surface area contributed by atoms with Crippen LogP contribution in [0, 0.1) is 35.5 Å². The summed E-state index contributed by atoms with van der Waals surface area (Å²) in [6, 6.07) is 0. The summed E-state index contributed by atoms with van der Waals surface area (Å²) in [5.74, 6) is 2.49. The van der Waals surface area contributed by atoms with Crippen LogP contribution in [-0.2, 0) is 0 Å². The molecule has 6 atom stereocenters. The van der Waals surface area contributed by atoms with Crippen molar-refractivity contribution in [2.45, 2.75) is 65.6 Å². The lowest BCUT2D eigenvalue weighted by molar-refractivity contribution is -0.129. The Kier molecular flexibility index (Phi) is 4.38. The molecule has 0 heterocycles. The summed E-state index contributed by atoms with van der Waals surface area (Å²) in [6.45, 7) is 8.79. The molecule has 2 fully saturated rings. The van der Waals surface area contributed by atoms with Crippen LogP contribution in [0.2, 0.25) is 0 Å². The molecule has 18 heavy (non-hydrogen) atoms. The Morgan fingerprint density at radius 1 is 0.722 bits per heavy atom. The second kappa shape index (κ2) is 5.50. The molecule has 2 saturated carbocycles. The van der Waals surface area contributed by atoms with Gasteiger partial charge in [0.25, 0.3) is 0 Å². The number of hydrogen-bond acceptors (Lipinski definition) is 2. The first-order chi connectivity index (χ1) is 8.43. The van der Waals surface area contributed by atoms with E-state index in [4.69, 9.17) is 0 Å². The van der Waals surface area contributed by atoms with E-state index in [0.29, 0.717) is 29.6 Å². The van der Waals surface area contributed by atoms with Crippen molar-refractivity contribution in [1.82, 2.24) is 0 Å². The molecule has 106 valence electrons. The fourth-order valence-electron chi connectivity index (χ4n) is 4.47. The summed E-state index contributed by atoms with van der Waals surface area (Å²) in [5, 5.41) is 21.3. The number of hydrogen-bond donors (Lipinski definition) is 2. The van der Waals surface area contributed by atoms with E-state index in [1.807, 2.05) is 0 Å². The molecular weight excluding hydrogens is 224 g/mol. The van der Waals surface area contributed by atoms with Crippen LogP contribution in [0.25, 0.3) is 0 Å². The van der Waals surface area contributed by atoms with Crippen molar-refractivity contribution in [3.63, 3.8) is 0 Å². The van der Waals surface area contributed by atoms with E-state index in [1.165, 1.54) is 12.8 Å². The van der Waals surface area contributed by atoms with Crippen molar-refractivity contribution in [1.29, 1.82) is 0 Å². The predicted octanol–water partition coefficient (Wildman–Crippen LogP) is 3.07. The average molecular weight is 254 g/mol. The summed E-state index contributed by atoms with van der Waals surface area (Å²) in [6.07, 6.45) is 4.09. The third-order valence-corrected chi connectivity index (χ3v) is 5.66. The van der Waals surface area contributed by atoms with E-state index in [-0.39, 0.29) is 18.1 Å². The highest BCUT2D eigenvalue weighted by Gasteiger charge is 2.48. The molecule has 2 aliphatic carbocycles. The summed E-state index contributed by atoms with van der Waals surface area (Å²) in [7, 11) is 0. The van der Waals surface area contributed by atoms with Gasteiger partial charge in [-0.1, -0.05) is 27.7 Å². The van der Waals surface area contributed by atoms with Gasteiger partial charge in [-0.25, -0.2) is 0 Å². The highest BCUT2D eigenvalue weighted by Crippen LogP contribution is 2.48. The standard InChI is InChI=1S/C16H30O2/c1-9(2)12-7-5-11-6-8-13(10(3)4)16(18)14(11)15(12)17/h9-18H,5-8H2,1-4H3/t11?,12-,13+,14?,15?,16?. The molecule has 0 radical (unpaired) electrons. The maximum atomic E-state index is 10.6. The second-order valence-corrected chi connectivity index (χ2v) is 7.29. The predicted molar refractivity (Wildman–Crippen MR) is 74.1 cm³/mol. The van der Waals surface area contributed by atoms with Crippen molar-refractivity contribution in [2.75, 3.05) is 0 Å². The van der Waals surface area contributed by atoms with Crippen LogP contribution in [0.4, 0.5) is 0 Å². The Labute approximate surface area is 112 Å². The highest BCUT2D eigenvalue weighted by atomic mass is 16.3. The van der Waals surface area contributed by atoms with Gasteiger partial charge in [-0.2, -0.15) is 0 Å². The van der Waals surface area contributed by atoms with Gasteiger partial charge < -0.3 is 10.2 Å². The van der Waals surface area contributed by atoms with E-state index >= 15 is 0 Å². The molecule has 2 heteroatoms. The number of fused-ring (bicyclic) bond motifs is 1. The third-order valence-electron chi connectivity index (χ3n) is 5.66. The number of aliphatic hydroxyl groups is 2. The molecule has 4 unspecified atom stereocenters. The lowest BCUT2D eigenvalue weighted by Crippen LogP contribution is -2.52. The van der Waals surface area contributed by atoms with Gasteiger partial charge in [0, 0.05) is 5.92 Å². The molecule has 0 bridgehead atoms. The Hall–Kier alpha value is -0.0800. The summed E-state index contributed by atoms with van der Waals surface area (Å²) >= 11 is 0. The van der Waals surface area contributed by atoms with E-state index in [1.54, 1.807) is 0 Å². The fourth-order valence-corrected chi connectivity index (χ4v) is 4.47. The van der Waals surface area contributed by atoms with Gasteiger partial charge in [0.05, 0.1) is 12.2 Å². The zero-order chi connectivity index (χ0) is 13.4. The van der Waals surface area contributed by atoms with Crippen LogP contribution >= 0.6 is 0 Å². The Balaban J connectivity index is 2.14. The molecule has 0 aromatic heterocycles. The topological polar surface area (TPSA) is 40.5 Å².